The normalized spacial score (nSPS) is 14.2. The first kappa shape index (κ1) is 13.5. The predicted octanol–water partition coefficient (Wildman–Crippen LogP) is 4.15. The molecule has 3 nitrogen and oxygen atoms in total. The van der Waals surface area contributed by atoms with Crippen LogP contribution in [-0.2, 0) is 13.0 Å². The van der Waals surface area contributed by atoms with Crippen molar-refractivity contribution in [2.24, 2.45) is 0 Å². The van der Waals surface area contributed by atoms with E-state index in [1.165, 1.54) is 16.6 Å². The van der Waals surface area contributed by atoms with Crippen LogP contribution in [0.15, 0.2) is 42.7 Å². The van der Waals surface area contributed by atoms with Gasteiger partial charge in [0.25, 0.3) is 0 Å². The molecule has 4 heteroatoms. The van der Waals surface area contributed by atoms with Crippen LogP contribution in [0.5, 0.6) is 0 Å². The summed E-state index contributed by atoms with van der Waals surface area (Å²) in [5.74, 6) is 0. The van der Waals surface area contributed by atoms with Gasteiger partial charge < -0.3 is 4.90 Å². The third-order valence-electron chi connectivity index (χ3n) is 4.39. The Hall–Kier alpha value is -2.13. The molecule has 2 heterocycles. The Kier molecular flexibility index (Phi) is 3.23. The van der Waals surface area contributed by atoms with Crippen LogP contribution in [0, 0.1) is 6.92 Å². The number of nitrogens with zero attached hydrogens (tertiary/aromatic N) is 3. The molecule has 0 radical (unpaired) electrons. The highest BCUT2D eigenvalue weighted by Gasteiger charge is 2.21. The van der Waals surface area contributed by atoms with Gasteiger partial charge in [-0.25, -0.2) is 9.97 Å². The first-order valence-electron chi connectivity index (χ1n) is 7.45. The van der Waals surface area contributed by atoms with E-state index < -0.39 is 0 Å². The maximum absolute atomic E-state index is 6.45. The van der Waals surface area contributed by atoms with Crippen molar-refractivity contribution in [3.8, 4) is 0 Å². The lowest BCUT2D eigenvalue weighted by Crippen LogP contribution is -2.32. The molecule has 0 fully saturated rings. The summed E-state index contributed by atoms with van der Waals surface area (Å²) in [6.07, 6.45) is 2.64. The van der Waals surface area contributed by atoms with Gasteiger partial charge in [-0.05, 0) is 36.4 Å². The number of rotatable bonds is 1. The van der Waals surface area contributed by atoms with E-state index in [9.17, 15) is 0 Å². The molecule has 0 saturated heterocycles. The van der Waals surface area contributed by atoms with Crippen molar-refractivity contribution >= 4 is 28.1 Å². The molecule has 0 aliphatic carbocycles. The lowest BCUT2D eigenvalue weighted by Gasteiger charge is -2.31. The van der Waals surface area contributed by atoms with Crippen LogP contribution in [0.1, 0.15) is 17.0 Å². The molecule has 110 valence electrons. The zero-order chi connectivity index (χ0) is 15.1. The zero-order valence-electron chi connectivity index (χ0n) is 12.4. The van der Waals surface area contributed by atoms with E-state index in [2.05, 4.69) is 46.1 Å². The molecule has 0 N–H and O–H groups in total. The SMILES string of the molecule is Cc1ncnc2c1CCN(c1cccc3cccc(Cl)c13)C2. The van der Waals surface area contributed by atoms with Gasteiger partial charge in [0.2, 0.25) is 0 Å². The second-order valence-electron chi connectivity index (χ2n) is 5.67. The van der Waals surface area contributed by atoms with Gasteiger partial charge in [-0.1, -0.05) is 35.9 Å². The second-order valence-corrected chi connectivity index (χ2v) is 6.08. The van der Waals surface area contributed by atoms with Crippen molar-refractivity contribution in [2.45, 2.75) is 19.9 Å². The van der Waals surface area contributed by atoms with Crippen molar-refractivity contribution in [3.63, 3.8) is 0 Å². The van der Waals surface area contributed by atoms with Crippen LogP contribution in [0.25, 0.3) is 10.8 Å². The number of hydrogen-bond acceptors (Lipinski definition) is 3. The zero-order valence-corrected chi connectivity index (χ0v) is 13.1. The van der Waals surface area contributed by atoms with Crippen LogP contribution in [0.2, 0.25) is 5.02 Å². The largest absolute Gasteiger partial charge is 0.365 e. The van der Waals surface area contributed by atoms with Gasteiger partial charge in [0.15, 0.2) is 0 Å². The molecule has 4 rings (SSSR count). The van der Waals surface area contributed by atoms with Crippen molar-refractivity contribution in [3.05, 3.63) is 64.7 Å². The molecule has 0 amide bonds. The molecule has 1 aliphatic rings. The number of aromatic nitrogens is 2. The molecule has 0 atom stereocenters. The number of fused-ring (bicyclic) bond motifs is 2. The van der Waals surface area contributed by atoms with Crippen LogP contribution in [0.3, 0.4) is 0 Å². The fraction of sp³-hybridized carbons (Fsp3) is 0.222. The monoisotopic (exact) mass is 309 g/mol. The lowest BCUT2D eigenvalue weighted by molar-refractivity contribution is 0.699. The fourth-order valence-electron chi connectivity index (χ4n) is 3.26. The molecular formula is C18H16ClN3. The molecule has 2 aromatic carbocycles. The highest BCUT2D eigenvalue weighted by molar-refractivity contribution is 6.36. The summed E-state index contributed by atoms with van der Waals surface area (Å²) < 4.78 is 0. The standard InChI is InChI=1S/C18H16ClN3/c1-12-14-8-9-22(10-16(14)21-11-20-12)17-7-3-5-13-4-2-6-15(19)18(13)17/h2-7,11H,8-10H2,1H3. The number of aryl methyl sites for hydroxylation is 1. The molecule has 1 aliphatic heterocycles. The van der Waals surface area contributed by atoms with Gasteiger partial charge in [-0.15, -0.1) is 0 Å². The number of anilines is 1. The van der Waals surface area contributed by atoms with Gasteiger partial charge in [-0.2, -0.15) is 0 Å². The van der Waals surface area contributed by atoms with Crippen molar-refractivity contribution in [2.75, 3.05) is 11.4 Å². The van der Waals surface area contributed by atoms with Gasteiger partial charge in [0, 0.05) is 23.3 Å². The van der Waals surface area contributed by atoms with Crippen molar-refractivity contribution in [1.82, 2.24) is 9.97 Å². The van der Waals surface area contributed by atoms with E-state index in [4.69, 9.17) is 11.6 Å². The fourth-order valence-corrected chi connectivity index (χ4v) is 3.54. The Morgan fingerprint density at radius 3 is 2.77 bits per heavy atom. The van der Waals surface area contributed by atoms with Crippen molar-refractivity contribution < 1.29 is 0 Å². The summed E-state index contributed by atoms with van der Waals surface area (Å²) in [6.45, 7) is 3.83. The average molecular weight is 310 g/mol. The number of hydrogen-bond donors (Lipinski definition) is 0. The molecule has 1 aromatic heterocycles. The van der Waals surface area contributed by atoms with E-state index >= 15 is 0 Å². The Morgan fingerprint density at radius 1 is 1.09 bits per heavy atom. The molecule has 0 spiro atoms. The molecule has 3 aromatic rings. The van der Waals surface area contributed by atoms with Gasteiger partial charge in [-0.3, -0.25) is 0 Å². The molecule has 0 saturated carbocycles. The third kappa shape index (κ3) is 2.13. The minimum atomic E-state index is 0.803. The van der Waals surface area contributed by atoms with Gasteiger partial charge in [0.1, 0.15) is 6.33 Å². The van der Waals surface area contributed by atoms with E-state index in [1.807, 2.05) is 12.1 Å². The van der Waals surface area contributed by atoms with Crippen LogP contribution < -0.4 is 4.90 Å². The summed E-state index contributed by atoms with van der Waals surface area (Å²) in [7, 11) is 0. The summed E-state index contributed by atoms with van der Waals surface area (Å²) in [5.41, 5.74) is 4.71. The quantitative estimate of drug-likeness (QED) is 0.676. The predicted molar refractivity (Wildman–Crippen MR) is 90.5 cm³/mol. The van der Waals surface area contributed by atoms with E-state index in [1.54, 1.807) is 6.33 Å². The van der Waals surface area contributed by atoms with Crippen LogP contribution in [0.4, 0.5) is 5.69 Å². The van der Waals surface area contributed by atoms with E-state index in [-0.39, 0.29) is 0 Å². The Morgan fingerprint density at radius 2 is 1.91 bits per heavy atom. The molecular weight excluding hydrogens is 294 g/mol. The third-order valence-corrected chi connectivity index (χ3v) is 4.71. The van der Waals surface area contributed by atoms with Gasteiger partial charge in [0.05, 0.1) is 17.3 Å². The smallest absolute Gasteiger partial charge is 0.116 e. The Labute approximate surface area is 134 Å². The number of benzene rings is 2. The Balaban J connectivity index is 1.81. The summed E-state index contributed by atoms with van der Waals surface area (Å²) in [6, 6.07) is 12.4. The maximum Gasteiger partial charge on any atom is 0.116 e. The summed E-state index contributed by atoms with van der Waals surface area (Å²) in [5, 5.41) is 3.10. The Bertz CT molecular complexity index is 855. The molecule has 0 unspecified atom stereocenters. The van der Waals surface area contributed by atoms with Gasteiger partial charge >= 0.3 is 0 Å². The van der Waals surface area contributed by atoms with E-state index in [0.29, 0.717) is 0 Å². The minimum Gasteiger partial charge on any atom is -0.365 e. The second kappa shape index (κ2) is 5.25. The minimum absolute atomic E-state index is 0.803. The average Bonchev–Trinajstić information content (AvgIpc) is 2.54. The van der Waals surface area contributed by atoms with E-state index in [0.717, 1.165) is 41.3 Å². The highest BCUT2D eigenvalue weighted by atomic mass is 35.5. The van der Waals surface area contributed by atoms with Crippen molar-refractivity contribution in [1.29, 1.82) is 0 Å². The molecule has 0 bridgehead atoms. The highest BCUT2D eigenvalue weighted by Crippen LogP contribution is 2.35. The van der Waals surface area contributed by atoms with Crippen LogP contribution >= 0.6 is 11.6 Å². The topological polar surface area (TPSA) is 29.0 Å². The maximum atomic E-state index is 6.45. The number of halogens is 1. The molecule has 22 heavy (non-hydrogen) atoms. The van der Waals surface area contributed by atoms with Crippen LogP contribution in [-0.4, -0.2) is 16.5 Å². The lowest BCUT2D eigenvalue weighted by atomic mass is 10.0. The summed E-state index contributed by atoms with van der Waals surface area (Å²) in [4.78, 5) is 11.1. The summed E-state index contributed by atoms with van der Waals surface area (Å²) >= 11 is 6.45. The first-order chi connectivity index (χ1) is 10.7. The first-order valence-corrected chi connectivity index (χ1v) is 7.83.